The summed E-state index contributed by atoms with van der Waals surface area (Å²) in [6.45, 7) is 0. The van der Waals surface area contributed by atoms with Gasteiger partial charge in [-0.05, 0) is 30.3 Å². The predicted octanol–water partition coefficient (Wildman–Crippen LogP) is 3.17. The molecule has 24 heavy (non-hydrogen) atoms. The summed E-state index contributed by atoms with van der Waals surface area (Å²) in [6.07, 6.45) is 7.14. The Morgan fingerprint density at radius 3 is 2.58 bits per heavy atom. The van der Waals surface area contributed by atoms with Gasteiger partial charge in [0.05, 0.1) is 30.9 Å². The molecule has 0 saturated carbocycles. The van der Waals surface area contributed by atoms with Crippen molar-refractivity contribution < 1.29 is 9.84 Å². The molecule has 0 fully saturated rings. The molecule has 3 heterocycles. The highest BCUT2D eigenvalue weighted by molar-refractivity contribution is 5.67. The number of benzene rings is 1. The number of methoxy groups -OCH3 is 1. The molecule has 6 nitrogen and oxygen atoms in total. The Morgan fingerprint density at radius 2 is 1.79 bits per heavy atom. The van der Waals surface area contributed by atoms with Gasteiger partial charge in [0, 0.05) is 29.6 Å². The summed E-state index contributed by atoms with van der Waals surface area (Å²) < 4.78 is 7.15. The molecule has 1 N–H and O–H groups in total. The van der Waals surface area contributed by atoms with Gasteiger partial charge in [-0.15, -0.1) is 0 Å². The number of rotatable bonds is 3. The second-order valence-corrected chi connectivity index (χ2v) is 5.28. The molecule has 0 radical (unpaired) electrons. The van der Waals surface area contributed by atoms with Crippen molar-refractivity contribution in [3.8, 4) is 34.1 Å². The van der Waals surface area contributed by atoms with Crippen LogP contribution in [0.5, 0.6) is 11.6 Å². The number of fused-ring (bicyclic) bond motifs is 1. The first-order valence-electron chi connectivity index (χ1n) is 7.37. The van der Waals surface area contributed by atoms with Crippen LogP contribution in [0.2, 0.25) is 0 Å². The van der Waals surface area contributed by atoms with Crippen molar-refractivity contribution in [2.45, 2.75) is 0 Å². The third kappa shape index (κ3) is 2.44. The van der Waals surface area contributed by atoms with E-state index in [1.807, 2.05) is 34.9 Å². The van der Waals surface area contributed by atoms with Crippen molar-refractivity contribution in [2.75, 3.05) is 7.11 Å². The second kappa shape index (κ2) is 5.66. The number of ether oxygens (including phenoxy) is 1. The van der Waals surface area contributed by atoms with Crippen molar-refractivity contribution in [1.29, 1.82) is 0 Å². The van der Waals surface area contributed by atoms with E-state index in [2.05, 4.69) is 15.0 Å². The lowest BCUT2D eigenvalue weighted by molar-refractivity contribution is 0.398. The van der Waals surface area contributed by atoms with E-state index in [-0.39, 0.29) is 5.75 Å². The molecule has 0 aliphatic carbocycles. The zero-order chi connectivity index (χ0) is 16.5. The van der Waals surface area contributed by atoms with E-state index in [4.69, 9.17) is 4.74 Å². The monoisotopic (exact) mass is 318 g/mol. The first kappa shape index (κ1) is 14.2. The number of imidazole rings is 1. The van der Waals surface area contributed by atoms with Gasteiger partial charge in [0.25, 0.3) is 0 Å². The summed E-state index contributed by atoms with van der Waals surface area (Å²) in [5.74, 6) is 0.776. The molecule has 0 aliphatic rings. The third-order valence-electron chi connectivity index (χ3n) is 3.80. The van der Waals surface area contributed by atoms with E-state index in [1.165, 1.54) is 0 Å². The number of aromatic hydroxyl groups is 1. The van der Waals surface area contributed by atoms with Crippen LogP contribution < -0.4 is 4.74 Å². The molecular formula is C18H14N4O2. The minimum atomic E-state index is 0.235. The largest absolute Gasteiger partial charge is 0.508 e. The fraction of sp³-hybridized carbons (Fsp3) is 0.0556. The number of phenolic OH excluding ortho intramolecular Hbond substituents is 1. The number of aromatic nitrogens is 4. The van der Waals surface area contributed by atoms with Crippen molar-refractivity contribution in [2.24, 2.45) is 0 Å². The maximum Gasteiger partial charge on any atom is 0.213 e. The molecule has 0 atom stereocenters. The van der Waals surface area contributed by atoms with Crippen LogP contribution >= 0.6 is 0 Å². The van der Waals surface area contributed by atoms with E-state index in [0.717, 1.165) is 28.2 Å². The van der Waals surface area contributed by atoms with E-state index in [1.54, 1.807) is 37.8 Å². The van der Waals surface area contributed by atoms with E-state index in [0.29, 0.717) is 5.88 Å². The van der Waals surface area contributed by atoms with Crippen LogP contribution in [-0.4, -0.2) is 31.6 Å². The lowest BCUT2D eigenvalue weighted by atomic mass is 10.1. The molecule has 0 bridgehead atoms. The average molecular weight is 318 g/mol. The van der Waals surface area contributed by atoms with Gasteiger partial charge in [-0.25, -0.2) is 9.97 Å². The molecule has 4 rings (SSSR count). The minimum absolute atomic E-state index is 0.235. The SMILES string of the molecule is COc1cc(-c2cn3c(-c4ccc(O)cc4)cnc3cn2)ccn1. The van der Waals surface area contributed by atoms with Crippen molar-refractivity contribution in [3.05, 3.63) is 61.2 Å². The zero-order valence-electron chi connectivity index (χ0n) is 12.9. The number of hydrogen-bond donors (Lipinski definition) is 1. The molecule has 0 aliphatic heterocycles. The topological polar surface area (TPSA) is 72.5 Å². The van der Waals surface area contributed by atoms with Crippen LogP contribution in [0.25, 0.3) is 28.2 Å². The number of phenols is 1. The first-order valence-corrected chi connectivity index (χ1v) is 7.37. The van der Waals surface area contributed by atoms with Crippen LogP contribution in [-0.2, 0) is 0 Å². The summed E-state index contributed by atoms with van der Waals surface area (Å²) >= 11 is 0. The quantitative estimate of drug-likeness (QED) is 0.628. The summed E-state index contributed by atoms with van der Waals surface area (Å²) in [5, 5.41) is 9.46. The zero-order valence-corrected chi connectivity index (χ0v) is 12.9. The van der Waals surface area contributed by atoms with Gasteiger partial charge in [-0.2, -0.15) is 0 Å². The minimum Gasteiger partial charge on any atom is -0.508 e. The molecule has 118 valence electrons. The Balaban J connectivity index is 1.85. The van der Waals surface area contributed by atoms with Crippen molar-refractivity contribution in [3.63, 3.8) is 0 Å². The molecule has 6 heteroatoms. The molecule has 4 aromatic rings. The van der Waals surface area contributed by atoms with Gasteiger partial charge in [-0.3, -0.25) is 9.38 Å². The van der Waals surface area contributed by atoms with Gasteiger partial charge in [0.1, 0.15) is 5.75 Å². The Morgan fingerprint density at radius 1 is 0.958 bits per heavy atom. The molecule has 3 aromatic heterocycles. The molecule has 0 spiro atoms. The molecule has 0 amide bonds. The third-order valence-corrected chi connectivity index (χ3v) is 3.80. The van der Waals surface area contributed by atoms with E-state index < -0.39 is 0 Å². The first-order chi connectivity index (χ1) is 11.7. The maximum absolute atomic E-state index is 9.46. The van der Waals surface area contributed by atoms with E-state index in [9.17, 15) is 5.11 Å². The van der Waals surface area contributed by atoms with E-state index >= 15 is 0 Å². The standard InChI is InChI=1S/C18H14N4O2/c1-24-18-8-13(6-7-19-18)15-11-22-16(9-21-17(22)10-20-15)12-2-4-14(23)5-3-12/h2-11,23H,1H3. The molecule has 1 aromatic carbocycles. The Kier molecular flexibility index (Phi) is 3.35. The second-order valence-electron chi connectivity index (χ2n) is 5.28. The summed E-state index contributed by atoms with van der Waals surface area (Å²) in [7, 11) is 1.58. The van der Waals surface area contributed by atoms with Crippen LogP contribution in [0.4, 0.5) is 0 Å². The van der Waals surface area contributed by atoms with Crippen LogP contribution in [0.15, 0.2) is 61.2 Å². The van der Waals surface area contributed by atoms with Gasteiger partial charge < -0.3 is 9.84 Å². The average Bonchev–Trinajstić information content (AvgIpc) is 3.05. The number of hydrogen-bond acceptors (Lipinski definition) is 5. The Bertz CT molecular complexity index is 1010. The highest BCUT2D eigenvalue weighted by atomic mass is 16.5. The summed E-state index contributed by atoms with van der Waals surface area (Å²) in [6, 6.07) is 10.7. The highest BCUT2D eigenvalue weighted by Crippen LogP contribution is 2.25. The van der Waals surface area contributed by atoms with Gasteiger partial charge in [-0.1, -0.05) is 0 Å². The molecular weight excluding hydrogens is 304 g/mol. The normalized spacial score (nSPS) is 10.9. The maximum atomic E-state index is 9.46. The Hall–Kier alpha value is -3.41. The number of pyridine rings is 1. The highest BCUT2D eigenvalue weighted by Gasteiger charge is 2.09. The smallest absolute Gasteiger partial charge is 0.213 e. The van der Waals surface area contributed by atoms with Gasteiger partial charge in [0.2, 0.25) is 5.88 Å². The van der Waals surface area contributed by atoms with Crippen LogP contribution in [0, 0.1) is 0 Å². The number of nitrogens with zero attached hydrogens (tertiary/aromatic N) is 4. The molecule has 0 unspecified atom stereocenters. The summed E-state index contributed by atoms with van der Waals surface area (Å²) in [4.78, 5) is 13.0. The van der Waals surface area contributed by atoms with Gasteiger partial charge in [0.15, 0.2) is 5.65 Å². The fourth-order valence-corrected chi connectivity index (χ4v) is 2.56. The van der Waals surface area contributed by atoms with Crippen molar-refractivity contribution in [1.82, 2.24) is 19.4 Å². The fourth-order valence-electron chi connectivity index (χ4n) is 2.56. The van der Waals surface area contributed by atoms with Gasteiger partial charge >= 0.3 is 0 Å². The summed E-state index contributed by atoms with van der Waals surface area (Å²) in [5.41, 5.74) is 4.35. The van der Waals surface area contributed by atoms with Crippen LogP contribution in [0.1, 0.15) is 0 Å². The predicted molar refractivity (Wildman–Crippen MR) is 89.9 cm³/mol. The molecule has 0 saturated heterocycles. The Labute approximate surface area is 138 Å². The lowest BCUT2D eigenvalue weighted by Crippen LogP contribution is -1.94. The lowest BCUT2D eigenvalue weighted by Gasteiger charge is -2.06. The van der Waals surface area contributed by atoms with Crippen LogP contribution in [0.3, 0.4) is 0 Å². The van der Waals surface area contributed by atoms with Crippen molar-refractivity contribution >= 4 is 5.65 Å².